The molecule has 2 rings (SSSR count). The van der Waals surface area contributed by atoms with Gasteiger partial charge in [0.1, 0.15) is 0 Å². The molecule has 134 valence electrons. The number of morpholine rings is 1. The van der Waals surface area contributed by atoms with Gasteiger partial charge in [0, 0.05) is 32.3 Å². The minimum Gasteiger partial charge on any atom is -0.379 e. The van der Waals surface area contributed by atoms with E-state index in [4.69, 9.17) is 9.47 Å². The van der Waals surface area contributed by atoms with Crippen molar-refractivity contribution in [1.29, 1.82) is 0 Å². The Morgan fingerprint density at radius 3 is 2.65 bits per heavy atom. The molecular formula is C17H33N3O3. The second kappa shape index (κ2) is 8.85. The van der Waals surface area contributed by atoms with Crippen LogP contribution in [-0.2, 0) is 9.47 Å². The monoisotopic (exact) mass is 327 g/mol. The molecule has 0 bridgehead atoms. The molecule has 0 aromatic rings. The molecule has 2 amide bonds. The first kappa shape index (κ1) is 18.5. The van der Waals surface area contributed by atoms with Crippen LogP contribution < -0.4 is 10.6 Å². The predicted octanol–water partition coefficient (Wildman–Crippen LogP) is 1.60. The van der Waals surface area contributed by atoms with E-state index >= 15 is 0 Å². The highest BCUT2D eigenvalue weighted by Crippen LogP contribution is 2.29. The fourth-order valence-corrected chi connectivity index (χ4v) is 3.10. The molecule has 0 spiro atoms. The van der Waals surface area contributed by atoms with Crippen molar-refractivity contribution in [2.75, 3.05) is 46.0 Å². The van der Waals surface area contributed by atoms with Crippen molar-refractivity contribution >= 4 is 6.03 Å². The van der Waals surface area contributed by atoms with Crippen LogP contribution in [-0.4, -0.2) is 69.1 Å². The zero-order valence-corrected chi connectivity index (χ0v) is 14.9. The van der Waals surface area contributed by atoms with Gasteiger partial charge in [-0.05, 0) is 31.2 Å². The molecule has 2 fully saturated rings. The van der Waals surface area contributed by atoms with Gasteiger partial charge in [0.05, 0.1) is 19.3 Å². The molecule has 2 saturated heterocycles. The number of nitrogens with zero attached hydrogens (tertiary/aromatic N) is 1. The highest BCUT2D eigenvalue weighted by molar-refractivity contribution is 5.74. The van der Waals surface area contributed by atoms with E-state index < -0.39 is 0 Å². The average molecular weight is 327 g/mol. The van der Waals surface area contributed by atoms with E-state index in [0.29, 0.717) is 0 Å². The Labute approximate surface area is 140 Å². The lowest BCUT2D eigenvalue weighted by Crippen LogP contribution is -2.49. The summed E-state index contributed by atoms with van der Waals surface area (Å²) in [7, 11) is 0. The van der Waals surface area contributed by atoms with Crippen LogP contribution in [0.4, 0.5) is 4.79 Å². The van der Waals surface area contributed by atoms with Crippen LogP contribution in [0.5, 0.6) is 0 Å². The molecule has 2 aliphatic heterocycles. The first-order valence-electron chi connectivity index (χ1n) is 8.91. The molecule has 23 heavy (non-hydrogen) atoms. The van der Waals surface area contributed by atoms with Gasteiger partial charge in [0.2, 0.25) is 0 Å². The number of carbonyl (C=O) groups excluding carboxylic acids is 1. The maximum atomic E-state index is 12.0. The number of nitrogens with one attached hydrogen (secondary N) is 2. The predicted molar refractivity (Wildman–Crippen MR) is 90.6 cm³/mol. The first-order valence-corrected chi connectivity index (χ1v) is 8.91. The normalized spacial score (nSPS) is 26.7. The summed E-state index contributed by atoms with van der Waals surface area (Å²) in [6, 6.07) is 0.166. The van der Waals surface area contributed by atoms with E-state index in [0.717, 1.165) is 65.3 Å². The average Bonchev–Trinajstić information content (AvgIpc) is 2.52. The van der Waals surface area contributed by atoms with E-state index in [1.807, 2.05) is 0 Å². The van der Waals surface area contributed by atoms with Gasteiger partial charge in [-0.3, -0.25) is 4.90 Å². The quantitative estimate of drug-likeness (QED) is 0.753. The summed E-state index contributed by atoms with van der Waals surface area (Å²) in [6.07, 6.45) is 2.98. The largest absolute Gasteiger partial charge is 0.379 e. The van der Waals surface area contributed by atoms with Crippen molar-refractivity contribution in [3.8, 4) is 0 Å². The lowest BCUT2D eigenvalue weighted by atomic mass is 9.83. The fraction of sp³-hybridized carbons (Fsp3) is 0.941. The van der Waals surface area contributed by atoms with Gasteiger partial charge in [-0.25, -0.2) is 4.79 Å². The van der Waals surface area contributed by atoms with Crippen LogP contribution in [0.1, 0.15) is 40.0 Å². The first-order chi connectivity index (χ1) is 10.9. The molecule has 0 radical (unpaired) electrons. The SMILES string of the molecule is CC(C)(C)C1CC(NC(=O)NCCCN2CCOCC2)CCO1. The van der Waals surface area contributed by atoms with Crippen LogP contribution in [0.25, 0.3) is 0 Å². The van der Waals surface area contributed by atoms with Gasteiger partial charge in [0.15, 0.2) is 0 Å². The van der Waals surface area contributed by atoms with Gasteiger partial charge >= 0.3 is 6.03 Å². The molecule has 0 aliphatic carbocycles. The standard InChI is InChI=1S/C17H33N3O3/c1-17(2,3)15-13-14(5-10-23-15)19-16(21)18-6-4-7-20-8-11-22-12-9-20/h14-15H,4-13H2,1-3H3,(H2,18,19,21). The third kappa shape index (κ3) is 6.65. The Morgan fingerprint density at radius 2 is 1.96 bits per heavy atom. The third-order valence-electron chi connectivity index (χ3n) is 4.63. The van der Waals surface area contributed by atoms with Gasteiger partial charge < -0.3 is 20.1 Å². The highest BCUT2D eigenvalue weighted by Gasteiger charge is 2.32. The summed E-state index contributed by atoms with van der Waals surface area (Å²) in [4.78, 5) is 14.4. The second-order valence-electron chi connectivity index (χ2n) is 7.65. The number of carbonyl (C=O) groups is 1. The maximum absolute atomic E-state index is 12.0. The smallest absolute Gasteiger partial charge is 0.315 e. The van der Waals surface area contributed by atoms with Crippen LogP contribution in [0.2, 0.25) is 0 Å². The van der Waals surface area contributed by atoms with Crippen molar-refractivity contribution in [1.82, 2.24) is 15.5 Å². The molecule has 2 atom stereocenters. The minimum absolute atomic E-state index is 0.0495. The van der Waals surface area contributed by atoms with Crippen molar-refractivity contribution in [2.24, 2.45) is 5.41 Å². The van der Waals surface area contributed by atoms with Crippen molar-refractivity contribution in [3.63, 3.8) is 0 Å². The number of amides is 2. The zero-order valence-electron chi connectivity index (χ0n) is 14.9. The van der Waals surface area contributed by atoms with Gasteiger partial charge in [0.25, 0.3) is 0 Å². The molecule has 0 saturated carbocycles. The summed E-state index contributed by atoms with van der Waals surface area (Å²) in [5.74, 6) is 0. The molecular weight excluding hydrogens is 294 g/mol. The van der Waals surface area contributed by atoms with Gasteiger partial charge in [-0.2, -0.15) is 0 Å². The van der Waals surface area contributed by atoms with E-state index in [1.165, 1.54) is 0 Å². The molecule has 2 N–H and O–H groups in total. The summed E-state index contributed by atoms with van der Waals surface area (Å²) >= 11 is 0. The van der Waals surface area contributed by atoms with Crippen LogP contribution >= 0.6 is 0 Å². The Kier molecular flexibility index (Phi) is 7.11. The zero-order chi connectivity index (χ0) is 16.7. The number of hydrogen-bond acceptors (Lipinski definition) is 4. The van der Waals surface area contributed by atoms with Crippen molar-refractivity contribution < 1.29 is 14.3 Å². The third-order valence-corrected chi connectivity index (χ3v) is 4.63. The molecule has 0 aromatic heterocycles. The fourth-order valence-electron chi connectivity index (χ4n) is 3.10. The lowest BCUT2D eigenvalue weighted by Gasteiger charge is -2.37. The van der Waals surface area contributed by atoms with E-state index in [-0.39, 0.29) is 23.6 Å². The number of urea groups is 1. The molecule has 2 heterocycles. The Balaban J connectivity index is 1.58. The van der Waals surface area contributed by atoms with E-state index in [2.05, 4.69) is 36.3 Å². The summed E-state index contributed by atoms with van der Waals surface area (Å²) in [6.45, 7) is 12.7. The summed E-state index contributed by atoms with van der Waals surface area (Å²) in [5.41, 5.74) is 0.120. The Hall–Kier alpha value is -0.850. The molecule has 2 unspecified atom stereocenters. The Morgan fingerprint density at radius 1 is 1.22 bits per heavy atom. The summed E-state index contributed by atoms with van der Waals surface area (Å²) in [5, 5.41) is 6.07. The topological polar surface area (TPSA) is 62.8 Å². The van der Waals surface area contributed by atoms with Crippen LogP contribution in [0.15, 0.2) is 0 Å². The highest BCUT2D eigenvalue weighted by atomic mass is 16.5. The molecule has 2 aliphatic rings. The second-order valence-corrected chi connectivity index (χ2v) is 7.65. The van der Waals surface area contributed by atoms with Gasteiger partial charge in [-0.1, -0.05) is 20.8 Å². The van der Waals surface area contributed by atoms with Gasteiger partial charge in [-0.15, -0.1) is 0 Å². The molecule has 6 heteroatoms. The summed E-state index contributed by atoms with van der Waals surface area (Å²) < 4.78 is 11.2. The van der Waals surface area contributed by atoms with Crippen molar-refractivity contribution in [3.05, 3.63) is 0 Å². The van der Waals surface area contributed by atoms with Crippen molar-refractivity contribution in [2.45, 2.75) is 52.2 Å². The van der Waals surface area contributed by atoms with E-state index in [9.17, 15) is 4.79 Å². The van der Waals surface area contributed by atoms with Crippen LogP contribution in [0.3, 0.4) is 0 Å². The number of hydrogen-bond donors (Lipinski definition) is 2. The lowest BCUT2D eigenvalue weighted by molar-refractivity contribution is -0.0565. The maximum Gasteiger partial charge on any atom is 0.315 e. The molecule has 0 aromatic carbocycles. The van der Waals surface area contributed by atoms with Crippen LogP contribution in [0, 0.1) is 5.41 Å². The minimum atomic E-state index is -0.0495. The Bertz CT molecular complexity index is 365. The molecule has 6 nitrogen and oxygen atoms in total. The number of rotatable bonds is 5. The number of ether oxygens (including phenoxy) is 2. The van der Waals surface area contributed by atoms with E-state index in [1.54, 1.807) is 0 Å².